The molecule has 0 unspecified atom stereocenters. The highest BCUT2D eigenvalue weighted by Crippen LogP contribution is 2.16. The van der Waals surface area contributed by atoms with Crippen molar-refractivity contribution in [3.63, 3.8) is 0 Å². The second-order valence-electron chi connectivity index (χ2n) is 3.61. The van der Waals surface area contributed by atoms with E-state index in [-0.39, 0.29) is 0 Å². The second kappa shape index (κ2) is 6.02. The summed E-state index contributed by atoms with van der Waals surface area (Å²) in [6.07, 6.45) is 5.26. The minimum atomic E-state index is 0.511. The highest BCUT2D eigenvalue weighted by Gasteiger charge is 2.06. The van der Waals surface area contributed by atoms with E-state index in [1.54, 1.807) is 6.20 Å². The van der Waals surface area contributed by atoms with Crippen molar-refractivity contribution < 1.29 is 0 Å². The van der Waals surface area contributed by atoms with Gasteiger partial charge in [0.25, 0.3) is 0 Å². The van der Waals surface area contributed by atoms with Crippen LogP contribution in [-0.4, -0.2) is 18.6 Å². The van der Waals surface area contributed by atoms with E-state index in [0.717, 1.165) is 18.7 Å². The average Bonchev–Trinajstić information content (AvgIpc) is 2.29. The van der Waals surface area contributed by atoms with Crippen LogP contribution in [0.3, 0.4) is 0 Å². The van der Waals surface area contributed by atoms with E-state index in [0.29, 0.717) is 5.69 Å². The summed E-state index contributed by atoms with van der Waals surface area (Å²) in [5, 5.41) is 8.90. The Morgan fingerprint density at radius 2 is 2.27 bits per heavy atom. The van der Waals surface area contributed by atoms with Crippen LogP contribution in [0.2, 0.25) is 0 Å². The topological polar surface area (TPSA) is 39.9 Å². The van der Waals surface area contributed by atoms with Crippen LogP contribution in [0.1, 0.15) is 31.9 Å². The largest absolute Gasteiger partial charge is 0.372 e. The Kier molecular flexibility index (Phi) is 4.62. The summed E-state index contributed by atoms with van der Waals surface area (Å²) < 4.78 is 0. The Morgan fingerprint density at radius 1 is 1.47 bits per heavy atom. The molecule has 0 fully saturated rings. The molecule has 0 saturated carbocycles. The van der Waals surface area contributed by atoms with Gasteiger partial charge in [-0.15, -0.1) is 0 Å². The summed E-state index contributed by atoms with van der Waals surface area (Å²) in [6, 6.07) is 5.92. The molecule has 0 bridgehead atoms. The second-order valence-corrected chi connectivity index (χ2v) is 3.61. The predicted molar refractivity (Wildman–Crippen MR) is 61.7 cm³/mol. The van der Waals surface area contributed by atoms with E-state index in [9.17, 15) is 0 Å². The van der Waals surface area contributed by atoms with E-state index >= 15 is 0 Å². The number of aromatic nitrogens is 1. The van der Waals surface area contributed by atoms with E-state index in [4.69, 9.17) is 5.26 Å². The van der Waals surface area contributed by atoms with Crippen LogP contribution in [0, 0.1) is 11.3 Å². The molecule has 0 spiro atoms. The molecule has 3 heteroatoms. The fourth-order valence-corrected chi connectivity index (χ4v) is 1.51. The van der Waals surface area contributed by atoms with Gasteiger partial charge in [-0.05, 0) is 18.6 Å². The summed E-state index contributed by atoms with van der Waals surface area (Å²) in [6.45, 7) is 3.17. The van der Waals surface area contributed by atoms with Crippen molar-refractivity contribution in [3.8, 4) is 6.07 Å². The first-order chi connectivity index (χ1) is 7.29. The number of hydrogen-bond donors (Lipinski definition) is 0. The van der Waals surface area contributed by atoms with Gasteiger partial charge >= 0.3 is 0 Å². The molecule has 80 valence electrons. The lowest BCUT2D eigenvalue weighted by Gasteiger charge is -2.19. The third-order valence-electron chi connectivity index (χ3n) is 2.40. The zero-order valence-corrected chi connectivity index (χ0v) is 9.40. The Hall–Kier alpha value is -1.56. The van der Waals surface area contributed by atoms with Gasteiger partial charge in [0.1, 0.15) is 6.07 Å². The van der Waals surface area contributed by atoms with Gasteiger partial charge in [-0.3, -0.25) is 0 Å². The number of unbranched alkanes of at least 4 members (excludes halogenated alkanes) is 2. The molecular formula is C12H17N3. The molecule has 1 heterocycles. The maximum atomic E-state index is 8.90. The van der Waals surface area contributed by atoms with Gasteiger partial charge < -0.3 is 4.90 Å². The number of nitriles is 1. The summed E-state index contributed by atoms with van der Waals surface area (Å²) in [4.78, 5) is 6.14. The van der Waals surface area contributed by atoms with Gasteiger partial charge in [-0.25, -0.2) is 4.98 Å². The first kappa shape index (κ1) is 11.5. The summed E-state index contributed by atoms with van der Waals surface area (Å²) in [5.74, 6) is 0. The molecule has 0 amide bonds. The fraction of sp³-hybridized carbons (Fsp3) is 0.500. The Labute approximate surface area is 91.4 Å². The summed E-state index contributed by atoms with van der Waals surface area (Å²) in [7, 11) is 2.01. The van der Waals surface area contributed by atoms with Gasteiger partial charge in [0.05, 0.1) is 5.69 Å². The van der Waals surface area contributed by atoms with Gasteiger partial charge in [-0.2, -0.15) is 5.26 Å². The van der Waals surface area contributed by atoms with E-state index in [2.05, 4.69) is 22.9 Å². The lowest BCUT2D eigenvalue weighted by molar-refractivity contribution is 0.704. The minimum absolute atomic E-state index is 0.511. The Morgan fingerprint density at radius 3 is 2.93 bits per heavy atom. The Balaban J connectivity index is 2.65. The number of nitrogens with zero attached hydrogens (tertiary/aromatic N) is 3. The third kappa shape index (κ3) is 3.25. The van der Waals surface area contributed by atoms with Crippen LogP contribution in [0.15, 0.2) is 18.3 Å². The quantitative estimate of drug-likeness (QED) is 0.690. The number of hydrogen-bond acceptors (Lipinski definition) is 3. The van der Waals surface area contributed by atoms with Gasteiger partial charge in [0.2, 0.25) is 0 Å². The Bertz CT molecular complexity index is 341. The van der Waals surface area contributed by atoms with E-state index < -0.39 is 0 Å². The van der Waals surface area contributed by atoms with Crippen LogP contribution in [0.5, 0.6) is 0 Å². The van der Waals surface area contributed by atoms with Crippen molar-refractivity contribution in [2.75, 3.05) is 18.5 Å². The van der Waals surface area contributed by atoms with Gasteiger partial charge in [0.15, 0.2) is 5.69 Å². The fourth-order valence-electron chi connectivity index (χ4n) is 1.51. The highest BCUT2D eigenvalue weighted by atomic mass is 15.1. The van der Waals surface area contributed by atoms with E-state index in [1.165, 1.54) is 12.8 Å². The van der Waals surface area contributed by atoms with Crippen LogP contribution in [-0.2, 0) is 0 Å². The molecule has 0 aliphatic rings. The summed E-state index contributed by atoms with van der Waals surface area (Å²) in [5.41, 5.74) is 1.44. The maximum Gasteiger partial charge on any atom is 0.163 e. The first-order valence-corrected chi connectivity index (χ1v) is 5.35. The molecule has 1 aromatic rings. The van der Waals surface area contributed by atoms with Crippen molar-refractivity contribution in [2.45, 2.75) is 26.2 Å². The van der Waals surface area contributed by atoms with Crippen molar-refractivity contribution in [1.29, 1.82) is 5.26 Å². The first-order valence-electron chi connectivity index (χ1n) is 5.35. The molecule has 0 atom stereocenters. The van der Waals surface area contributed by atoms with Crippen LogP contribution < -0.4 is 4.90 Å². The van der Waals surface area contributed by atoms with E-state index in [1.807, 2.05) is 19.2 Å². The SMILES string of the molecule is CCCCCN(C)c1cccnc1C#N. The molecule has 3 nitrogen and oxygen atoms in total. The average molecular weight is 203 g/mol. The molecular weight excluding hydrogens is 186 g/mol. The van der Waals surface area contributed by atoms with Gasteiger partial charge in [-0.1, -0.05) is 19.8 Å². The lowest BCUT2D eigenvalue weighted by Crippen LogP contribution is -2.19. The van der Waals surface area contributed by atoms with Crippen molar-refractivity contribution in [1.82, 2.24) is 4.98 Å². The molecule has 0 aromatic carbocycles. The molecule has 15 heavy (non-hydrogen) atoms. The van der Waals surface area contributed by atoms with Crippen LogP contribution in [0.4, 0.5) is 5.69 Å². The zero-order chi connectivity index (χ0) is 11.1. The number of pyridine rings is 1. The molecule has 1 rings (SSSR count). The van der Waals surface area contributed by atoms with Gasteiger partial charge in [0, 0.05) is 19.8 Å². The molecule has 0 N–H and O–H groups in total. The lowest BCUT2D eigenvalue weighted by atomic mass is 10.2. The minimum Gasteiger partial charge on any atom is -0.372 e. The van der Waals surface area contributed by atoms with Crippen molar-refractivity contribution >= 4 is 5.69 Å². The van der Waals surface area contributed by atoms with Crippen LogP contribution in [0.25, 0.3) is 0 Å². The van der Waals surface area contributed by atoms with Crippen molar-refractivity contribution in [2.24, 2.45) is 0 Å². The number of anilines is 1. The standard InChI is InChI=1S/C12H17N3/c1-3-4-5-9-15(2)12-7-6-8-14-11(12)10-13/h6-8H,3-5,9H2,1-2H3. The molecule has 0 saturated heterocycles. The smallest absolute Gasteiger partial charge is 0.163 e. The molecule has 0 aliphatic carbocycles. The zero-order valence-electron chi connectivity index (χ0n) is 9.40. The normalized spacial score (nSPS) is 9.67. The van der Waals surface area contributed by atoms with Crippen LogP contribution >= 0.6 is 0 Å². The molecule has 1 aromatic heterocycles. The highest BCUT2D eigenvalue weighted by molar-refractivity contribution is 5.54. The maximum absolute atomic E-state index is 8.90. The third-order valence-corrected chi connectivity index (χ3v) is 2.40. The molecule has 0 aliphatic heterocycles. The summed E-state index contributed by atoms with van der Waals surface area (Å²) >= 11 is 0. The predicted octanol–water partition coefficient (Wildman–Crippen LogP) is 2.58. The monoisotopic (exact) mass is 203 g/mol. The molecule has 0 radical (unpaired) electrons. The van der Waals surface area contributed by atoms with Crippen molar-refractivity contribution in [3.05, 3.63) is 24.0 Å². The number of rotatable bonds is 5.